The van der Waals surface area contributed by atoms with Crippen LogP contribution in [0.1, 0.15) is 72.8 Å². The number of aryl methyl sites for hydroxylation is 3. The molecular formula is C28H37N5O6. The lowest BCUT2D eigenvalue weighted by Gasteiger charge is -2.34. The Kier molecular flexibility index (Phi) is 9.32. The summed E-state index contributed by atoms with van der Waals surface area (Å²) in [4.78, 5) is 50.8. The Morgan fingerprint density at radius 2 is 1.82 bits per heavy atom. The van der Waals surface area contributed by atoms with E-state index >= 15 is 0 Å². The maximum atomic E-state index is 12.0. The van der Waals surface area contributed by atoms with Crippen LogP contribution in [0, 0.1) is 19.8 Å². The molecule has 3 heterocycles. The molecule has 0 aromatic carbocycles. The highest BCUT2D eigenvalue weighted by Crippen LogP contribution is 2.33. The van der Waals surface area contributed by atoms with E-state index < -0.39 is 23.8 Å². The lowest BCUT2D eigenvalue weighted by molar-refractivity contribution is -0.152. The molecule has 0 radical (unpaired) electrons. The van der Waals surface area contributed by atoms with Gasteiger partial charge in [-0.15, -0.1) is 0 Å². The van der Waals surface area contributed by atoms with Gasteiger partial charge in [-0.25, -0.2) is 9.97 Å². The first-order chi connectivity index (χ1) is 18.7. The number of pyridine rings is 1. The third-order valence-corrected chi connectivity index (χ3v) is 7.50. The van der Waals surface area contributed by atoms with Crippen molar-refractivity contribution in [3.05, 3.63) is 40.5 Å². The quantitative estimate of drug-likeness (QED) is 0.360. The first kappa shape index (κ1) is 28.3. The number of esters is 1. The number of carboxylic acid groups (broad SMARTS) is 2. The topological polar surface area (TPSA) is 155 Å². The fraction of sp³-hybridized carbons (Fsp3) is 0.571. The van der Waals surface area contributed by atoms with Gasteiger partial charge in [0.1, 0.15) is 24.1 Å². The number of anilines is 2. The normalized spacial score (nSPS) is 16.3. The van der Waals surface area contributed by atoms with Crippen molar-refractivity contribution in [3.8, 4) is 0 Å². The summed E-state index contributed by atoms with van der Waals surface area (Å²) in [6, 6.07) is 4.46. The minimum absolute atomic E-state index is 0.0355. The molecule has 39 heavy (non-hydrogen) atoms. The molecule has 0 bridgehead atoms. The summed E-state index contributed by atoms with van der Waals surface area (Å²) in [5, 5.41) is 21.3. The highest BCUT2D eigenvalue weighted by molar-refractivity contribution is 5.79. The first-order valence-electron chi connectivity index (χ1n) is 13.6. The fourth-order valence-corrected chi connectivity index (χ4v) is 5.29. The van der Waals surface area contributed by atoms with E-state index in [1.165, 1.54) is 29.8 Å². The molecular weight excluding hydrogens is 502 g/mol. The van der Waals surface area contributed by atoms with E-state index in [-0.39, 0.29) is 26.0 Å². The Bertz CT molecular complexity index is 1210. The Morgan fingerprint density at radius 1 is 1.08 bits per heavy atom. The number of nitrogens with zero attached hydrogens (tertiary/aromatic N) is 4. The first-order valence-corrected chi connectivity index (χ1v) is 13.6. The molecule has 11 heteroatoms. The molecule has 2 aromatic heterocycles. The van der Waals surface area contributed by atoms with Crippen molar-refractivity contribution in [1.29, 1.82) is 0 Å². The van der Waals surface area contributed by atoms with E-state index in [0.717, 1.165) is 50.2 Å². The number of hydrogen-bond donors (Lipinski definition) is 3. The van der Waals surface area contributed by atoms with Crippen LogP contribution in [0.15, 0.2) is 12.1 Å². The van der Waals surface area contributed by atoms with Crippen molar-refractivity contribution in [2.24, 2.45) is 5.92 Å². The van der Waals surface area contributed by atoms with Crippen LogP contribution in [0.3, 0.4) is 0 Å². The number of rotatable bonds is 11. The Morgan fingerprint density at radius 3 is 2.54 bits per heavy atom. The Hall–Kier alpha value is -3.76. The molecule has 1 saturated heterocycles. The van der Waals surface area contributed by atoms with Crippen LogP contribution in [0.5, 0.6) is 0 Å². The van der Waals surface area contributed by atoms with Gasteiger partial charge in [0, 0.05) is 42.5 Å². The number of ether oxygens (including phenoxy) is 1. The smallest absolute Gasteiger partial charge is 0.308 e. The molecule has 1 aliphatic heterocycles. The van der Waals surface area contributed by atoms with Crippen molar-refractivity contribution in [2.45, 2.75) is 71.1 Å². The zero-order valence-electron chi connectivity index (χ0n) is 22.6. The highest BCUT2D eigenvalue weighted by Gasteiger charge is 2.27. The summed E-state index contributed by atoms with van der Waals surface area (Å²) in [7, 11) is 0. The van der Waals surface area contributed by atoms with Gasteiger partial charge in [0.2, 0.25) is 0 Å². The number of piperidine rings is 1. The second-order valence-electron chi connectivity index (χ2n) is 10.4. The summed E-state index contributed by atoms with van der Waals surface area (Å²) in [5.74, 6) is -1.72. The maximum absolute atomic E-state index is 12.0. The lowest BCUT2D eigenvalue weighted by atomic mass is 9.90. The molecule has 1 fully saturated rings. The van der Waals surface area contributed by atoms with Crippen LogP contribution in [0.4, 0.5) is 11.6 Å². The van der Waals surface area contributed by atoms with Crippen LogP contribution < -0.4 is 10.2 Å². The van der Waals surface area contributed by atoms with E-state index in [9.17, 15) is 19.5 Å². The molecule has 0 spiro atoms. The number of aliphatic carboxylic acids is 2. The van der Waals surface area contributed by atoms with Gasteiger partial charge in [-0.3, -0.25) is 19.4 Å². The average molecular weight is 540 g/mol. The summed E-state index contributed by atoms with van der Waals surface area (Å²) in [5.41, 5.74) is 4.68. The molecule has 210 valence electrons. The van der Waals surface area contributed by atoms with Gasteiger partial charge in [-0.2, -0.15) is 0 Å². The van der Waals surface area contributed by atoms with Gasteiger partial charge in [-0.05, 0) is 64.0 Å². The van der Waals surface area contributed by atoms with Gasteiger partial charge in [0.25, 0.3) is 0 Å². The van der Waals surface area contributed by atoms with Gasteiger partial charge in [0.15, 0.2) is 0 Å². The van der Waals surface area contributed by atoms with Crippen molar-refractivity contribution in [1.82, 2.24) is 15.0 Å². The Balaban J connectivity index is 1.37. The van der Waals surface area contributed by atoms with Crippen LogP contribution in [0.2, 0.25) is 0 Å². The summed E-state index contributed by atoms with van der Waals surface area (Å²) in [6.07, 6.45) is 5.92. The fourth-order valence-electron chi connectivity index (χ4n) is 5.29. The van der Waals surface area contributed by atoms with E-state index in [1.807, 2.05) is 6.92 Å². The van der Waals surface area contributed by atoms with E-state index in [0.29, 0.717) is 17.6 Å². The lowest BCUT2D eigenvalue weighted by Crippen LogP contribution is -2.35. The molecule has 1 atom stereocenters. The van der Waals surface area contributed by atoms with Crippen LogP contribution in [0.25, 0.3) is 0 Å². The van der Waals surface area contributed by atoms with Gasteiger partial charge >= 0.3 is 17.9 Å². The molecule has 2 aliphatic rings. The van der Waals surface area contributed by atoms with Gasteiger partial charge in [0.05, 0.1) is 18.8 Å². The van der Waals surface area contributed by atoms with Crippen LogP contribution in [-0.2, 0) is 32.0 Å². The summed E-state index contributed by atoms with van der Waals surface area (Å²) in [6.45, 7) is 5.05. The standard InChI is InChI=1S/C28H37N5O6/c1-17-26(29-16-21(28(37)38)15-25(36)39-14-11-24(34)35)30-18(2)31-27(17)33-12-9-20(10-13-33)23-8-7-19-5-3-4-6-22(19)32-23/h7-8,20-21H,3-6,9-16H2,1-2H3,(H,34,35)(H,37,38)(H,29,30,31). The van der Waals surface area contributed by atoms with E-state index in [1.54, 1.807) is 6.92 Å². The number of carbonyl (C=O) groups excluding carboxylic acids is 1. The molecule has 2 aromatic rings. The van der Waals surface area contributed by atoms with Crippen LogP contribution >= 0.6 is 0 Å². The minimum atomic E-state index is -1.15. The number of hydrogen-bond acceptors (Lipinski definition) is 9. The van der Waals surface area contributed by atoms with Crippen molar-refractivity contribution < 1.29 is 29.3 Å². The third-order valence-electron chi connectivity index (χ3n) is 7.50. The van der Waals surface area contributed by atoms with Gasteiger partial charge < -0.3 is 25.2 Å². The molecule has 0 amide bonds. The molecule has 1 unspecified atom stereocenters. The third kappa shape index (κ3) is 7.42. The predicted octanol–water partition coefficient (Wildman–Crippen LogP) is 3.27. The number of aromatic nitrogens is 3. The van der Waals surface area contributed by atoms with Crippen molar-refractivity contribution in [2.75, 3.05) is 36.5 Å². The van der Waals surface area contributed by atoms with E-state index in [2.05, 4.69) is 27.3 Å². The van der Waals surface area contributed by atoms with Crippen molar-refractivity contribution >= 4 is 29.5 Å². The SMILES string of the molecule is Cc1nc(NCC(CC(=O)OCCC(=O)O)C(=O)O)c(C)c(N2CCC(c3ccc4c(n3)CCCC4)CC2)n1. The second kappa shape index (κ2) is 12.9. The van der Waals surface area contributed by atoms with Crippen LogP contribution in [-0.4, -0.2) is 69.3 Å². The molecule has 4 rings (SSSR count). The largest absolute Gasteiger partial charge is 0.481 e. The zero-order chi connectivity index (χ0) is 27.9. The van der Waals surface area contributed by atoms with Crippen molar-refractivity contribution in [3.63, 3.8) is 0 Å². The molecule has 11 nitrogen and oxygen atoms in total. The predicted molar refractivity (Wildman–Crippen MR) is 144 cm³/mol. The monoisotopic (exact) mass is 539 g/mol. The number of carbonyl (C=O) groups is 3. The maximum Gasteiger partial charge on any atom is 0.308 e. The van der Waals surface area contributed by atoms with E-state index in [4.69, 9.17) is 19.8 Å². The molecule has 1 aliphatic carbocycles. The summed E-state index contributed by atoms with van der Waals surface area (Å²) >= 11 is 0. The second-order valence-corrected chi connectivity index (χ2v) is 10.4. The van der Waals surface area contributed by atoms with Gasteiger partial charge in [-0.1, -0.05) is 6.07 Å². The highest BCUT2D eigenvalue weighted by atomic mass is 16.5. The average Bonchev–Trinajstić information content (AvgIpc) is 2.92. The summed E-state index contributed by atoms with van der Waals surface area (Å²) < 4.78 is 4.85. The zero-order valence-corrected chi connectivity index (χ0v) is 22.6. The molecule has 3 N–H and O–H groups in total. The number of carboxylic acids is 2. The molecule has 0 saturated carbocycles. The minimum Gasteiger partial charge on any atom is -0.481 e. The number of fused-ring (bicyclic) bond motifs is 1. The number of nitrogens with one attached hydrogen (secondary N) is 1. The Labute approximate surface area is 228 Å².